The van der Waals surface area contributed by atoms with E-state index in [2.05, 4.69) is 37.1 Å². The Kier molecular flexibility index (Phi) is 2.23. The summed E-state index contributed by atoms with van der Waals surface area (Å²) >= 11 is 0. The van der Waals surface area contributed by atoms with E-state index in [4.69, 9.17) is 5.73 Å². The summed E-state index contributed by atoms with van der Waals surface area (Å²) in [5.41, 5.74) is 10.0. The molecule has 2 rings (SSSR count). The maximum Gasteiger partial charge on any atom is 0.0447 e. The van der Waals surface area contributed by atoms with Gasteiger partial charge in [-0.25, -0.2) is 0 Å². The van der Waals surface area contributed by atoms with Gasteiger partial charge in [0.1, 0.15) is 0 Å². The van der Waals surface area contributed by atoms with Crippen molar-refractivity contribution in [2.75, 3.05) is 11.9 Å². The van der Waals surface area contributed by atoms with E-state index in [1.165, 1.54) is 16.8 Å². The second kappa shape index (κ2) is 3.28. The lowest BCUT2D eigenvalue weighted by Gasteiger charge is -2.22. The number of anilines is 1. The van der Waals surface area contributed by atoms with E-state index in [9.17, 15) is 0 Å². The highest BCUT2D eigenvalue weighted by Gasteiger charge is 2.25. The molecule has 1 aliphatic rings. The molecule has 0 saturated carbocycles. The summed E-state index contributed by atoms with van der Waals surface area (Å²) in [6.07, 6.45) is 1.15. The highest BCUT2D eigenvalue weighted by molar-refractivity contribution is 5.64. The van der Waals surface area contributed by atoms with Gasteiger partial charge in [-0.1, -0.05) is 18.2 Å². The van der Waals surface area contributed by atoms with Gasteiger partial charge in [-0.15, -0.1) is 0 Å². The molecule has 0 aliphatic carbocycles. The minimum atomic E-state index is 0.123. The van der Waals surface area contributed by atoms with Gasteiger partial charge >= 0.3 is 0 Å². The minimum Gasteiger partial charge on any atom is -0.371 e. The van der Waals surface area contributed by atoms with Crippen LogP contribution in [0.25, 0.3) is 0 Å². The Labute approximate surface area is 85.7 Å². The fourth-order valence-electron chi connectivity index (χ4n) is 2.25. The SMILES string of the molecule is CC(N)c1cccc2c1N(C)C(C)C2. The largest absolute Gasteiger partial charge is 0.371 e. The number of rotatable bonds is 1. The number of hydrogen-bond acceptors (Lipinski definition) is 2. The van der Waals surface area contributed by atoms with Gasteiger partial charge in [-0.3, -0.25) is 0 Å². The van der Waals surface area contributed by atoms with Crippen LogP contribution >= 0.6 is 0 Å². The van der Waals surface area contributed by atoms with Crippen LogP contribution in [0, 0.1) is 0 Å². The molecular weight excluding hydrogens is 172 g/mol. The summed E-state index contributed by atoms with van der Waals surface area (Å²) in [5.74, 6) is 0. The smallest absolute Gasteiger partial charge is 0.0447 e. The third-order valence-electron chi connectivity index (χ3n) is 3.17. The predicted molar refractivity (Wildman–Crippen MR) is 60.6 cm³/mol. The number of benzene rings is 1. The molecule has 14 heavy (non-hydrogen) atoms. The number of likely N-dealkylation sites (N-methyl/N-ethyl adjacent to an activating group) is 1. The van der Waals surface area contributed by atoms with Gasteiger partial charge in [0.2, 0.25) is 0 Å². The van der Waals surface area contributed by atoms with Crippen molar-refractivity contribution in [2.45, 2.75) is 32.4 Å². The lowest BCUT2D eigenvalue weighted by molar-refractivity contribution is 0.726. The third-order valence-corrected chi connectivity index (χ3v) is 3.17. The Bertz CT molecular complexity index is 344. The molecule has 0 amide bonds. The van der Waals surface area contributed by atoms with Crippen molar-refractivity contribution >= 4 is 5.69 Å². The Morgan fingerprint density at radius 3 is 2.86 bits per heavy atom. The molecule has 0 saturated heterocycles. The molecular formula is C12H18N2. The number of nitrogens with zero attached hydrogens (tertiary/aromatic N) is 1. The van der Waals surface area contributed by atoms with Crippen molar-refractivity contribution in [3.8, 4) is 0 Å². The van der Waals surface area contributed by atoms with E-state index in [1.54, 1.807) is 0 Å². The first-order chi connectivity index (χ1) is 6.61. The molecule has 2 N–H and O–H groups in total. The van der Waals surface area contributed by atoms with Gasteiger partial charge in [0.15, 0.2) is 0 Å². The van der Waals surface area contributed by atoms with Crippen LogP contribution in [0.1, 0.15) is 31.0 Å². The van der Waals surface area contributed by atoms with Crippen LogP contribution in [-0.2, 0) is 6.42 Å². The Balaban J connectivity index is 2.52. The van der Waals surface area contributed by atoms with Gasteiger partial charge in [0.25, 0.3) is 0 Å². The third kappa shape index (κ3) is 1.30. The highest BCUT2D eigenvalue weighted by atomic mass is 15.2. The van der Waals surface area contributed by atoms with Gasteiger partial charge in [-0.05, 0) is 31.4 Å². The maximum absolute atomic E-state index is 5.97. The molecule has 0 radical (unpaired) electrons. The number of hydrogen-bond donors (Lipinski definition) is 1. The first-order valence-corrected chi connectivity index (χ1v) is 5.21. The fourth-order valence-corrected chi connectivity index (χ4v) is 2.25. The maximum atomic E-state index is 5.97. The molecule has 2 unspecified atom stereocenters. The summed E-state index contributed by atoms with van der Waals surface area (Å²) in [6.45, 7) is 4.30. The molecule has 0 spiro atoms. The van der Waals surface area contributed by atoms with E-state index in [1.807, 2.05) is 6.92 Å². The molecule has 0 fully saturated rings. The Hall–Kier alpha value is -1.02. The van der Waals surface area contributed by atoms with E-state index >= 15 is 0 Å². The fraction of sp³-hybridized carbons (Fsp3) is 0.500. The van der Waals surface area contributed by atoms with Crippen LogP contribution in [0.4, 0.5) is 5.69 Å². The van der Waals surface area contributed by atoms with Gasteiger partial charge < -0.3 is 10.6 Å². The van der Waals surface area contributed by atoms with Crippen LogP contribution in [0.15, 0.2) is 18.2 Å². The molecule has 76 valence electrons. The molecule has 2 heteroatoms. The average molecular weight is 190 g/mol. The quantitative estimate of drug-likeness (QED) is 0.734. The van der Waals surface area contributed by atoms with Crippen LogP contribution in [-0.4, -0.2) is 13.1 Å². The summed E-state index contributed by atoms with van der Waals surface area (Å²) in [5, 5.41) is 0. The summed E-state index contributed by atoms with van der Waals surface area (Å²) in [6, 6.07) is 7.19. The normalized spacial score (nSPS) is 22.3. The van der Waals surface area contributed by atoms with E-state index in [-0.39, 0.29) is 6.04 Å². The van der Waals surface area contributed by atoms with E-state index in [0.29, 0.717) is 6.04 Å². The van der Waals surface area contributed by atoms with Crippen molar-refractivity contribution in [1.29, 1.82) is 0 Å². The zero-order valence-electron chi connectivity index (χ0n) is 9.12. The van der Waals surface area contributed by atoms with Crippen LogP contribution in [0.5, 0.6) is 0 Å². The topological polar surface area (TPSA) is 29.3 Å². The number of fused-ring (bicyclic) bond motifs is 1. The lowest BCUT2D eigenvalue weighted by atomic mass is 10.0. The molecule has 2 atom stereocenters. The van der Waals surface area contributed by atoms with Crippen molar-refractivity contribution < 1.29 is 0 Å². The number of para-hydroxylation sites is 1. The van der Waals surface area contributed by atoms with E-state index in [0.717, 1.165) is 6.42 Å². The van der Waals surface area contributed by atoms with Gasteiger partial charge in [-0.2, -0.15) is 0 Å². The van der Waals surface area contributed by atoms with Gasteiger partial charge in [0.05, 0.1) is 0 Å². The zero-order valence-corrected chi connectivity index (χ0v) is 9.12. The minimum absolute atomic E-state index is 0.123. The van der Waals surface area contributed by atoms with E-state index < -0.39 is 0 Å². The second-order valence-electron chi connectivity index (χ2n) is 4.31. The molecule has 0 aromatic heterocycles. The van der Waals surface area contributed by atoms with Crippen molar-refractivity contribution in [3.63, 3.8) is 0 Å². The number of nitrogens with two attached hydrogens (primary N) is 1. The van der Waals surface area contributed by atoms with Crippen LogP contribution in [0.3, 0.4) is 0 Å². The molecule has 2 nitrogen and oxygen atoms in total. The first kappa shape index (κ1) is 9.53. The van der Waals surface area contributed by atoms with Gasteiger partial charge in [0, 0.05) is 24.8 Å². The monoisotopic (exact) mass is 190 g/mol. The second-order valence-corrected chi connectivity index (χ2v) is 4.31. The summed E-state index contributed by atoms with van der Waals surface area (Å²) in [7, 11) is 2.16. The molecule has 1 heterocycles. The molecule has 1 aromatic rings. The Morgan fingerprint density at radius 2 is 2.21 bits per heavy atom. The summed E-state index contributed by atoms with van der Waals surface area (Å²) < 4.78 is 0. The molecule has 0 bridgehead atoms. The Morgan fingerprint density at radius 1 is 1.50 bits per heavy atom. The zero-order chi connectivity index (χ0) is 10.3. The lowest BCUT2D eigenvalue weighted by Crippen LogP contribution is -2.25. The summed E-state index contributed by atoms with van der Waals surface area (Å²) in [4.78, 5) is 2.34. The highest BCUT2D eigenvalue weighted by Crippen LogP contribution is 2.36. The molecule has 1 aromatic carbocycles. The first-order valence-electron chi connectivity index (χ1n) is 5.21. The van der Waals surface area contributed by atoms with Crippen molar-refractivity contribution in [2.24, 2.45) is 5.73 Å². The molecule has 1 aliphatic heterocycles. The van der Waals surface area contributed by atoms with Crippen molar-refractivity contribution in [3.05, 3.63) is 29.3 Å². The average Bonchev–Trinajstić information content (AvgIpc) is 2.43. The van der Waals surface area contributed by atoms with Crippen LogP contribution < -0.4 is 10.6 Å². The predicted octanol–water partition coefficient (Wildman–Crippen LogP) is 2.09. The van der Waals surface area contributed by atoms with Crippen molar-refractivity contribution in [1.82, 2.24) is 0 Å². The standard InChI is InChI=1S/C12H18N2/c1-8-7-10-5-4-6-11(9(2)13)12(10)14(8)3/h4-6,8-9H,7,13H2,1-3H3. The van der Waals surface area contributed by atoms with Crippen LogP contribution in [0.2, 0.25) is 0 Å².